The SMILES string of the molecule is C=CC(C)NCC(O)COc1ccc(Cl)cc1. The molecule has 0 fully saturated rings. The van der Waals surface area contributed by atoms with Gasteiger partial charge in [-0.05, 0) is 31.2 Å². The Labute approximate surface area is 107 Å². The van der Waals surface area contributed by atoms with E-state index >= 15 is 0 Å². The van der Waals surface area contributed by atoms with Crippen molar-refractivity contribution in [1.29, 1.82) is 0 Å². The third-order valence-corrected chi connectivity index (χ3v) is 2.54. The van der Waals surface area contributed by atoms with Gasteiger partial charge < -0.3 is 15.2 Å². The molecule has 0 saturated heterocycles. The van der Waals surface area contributed by atoms with Gasteiger partial charge in [0.15, 0.2) is 0 Å². The molecule has 1 aromatic rings. The van der Waals surface area contributed by atoms with Crippen LogP contribution in [0.4, 0.5) is 0 Å². The number of hydrogen-bond acceptors (Lipinski definition) is 3. The maximum absolute atomic E-state index is 9.66. The summed E-state index contributed by atoms with van der Waals surface area (Å²) >= 11 is 5.75. The van der Waals surface area contributed by atoms with Gasteiger partial charge in [-0.25, -0.2) is 0 Å². The fourth-order valence-electron chi connectivity index (χ4n) is 1.19. The lowest BCUT2D eigenvalue weighted by Gasteiger charge is -2.15. The standard InChI is InChI=1S/C13H18ClNO2/c1-3-10(2)15-8-12(16)9-17-13-6-4-11(14)5-7-13/h3-7,10,12,15-16H,1,8-9H2,2H3. The van der Waals surface area contributed by atoms with Crippen LogP contribution in [0, 0.1) is 0 Å². The van der Waals surface area contributed by atoms with Gasteiger partial charge in [0.1, 0.15) is 18.5 Å². The Morgan fingerprint density at radius 3 is 2.71 bits per heavy atom. The zero-order chi connectivity index (χ0) is 12.7. The van der Waals surface area contributed by atoms with E-state index in [1.54, 1.807) is 30.3 Å². The van der Waals surface area contributed by atoms with E-state index in [0.717, 1.165) is 0 Å². The summed E-state index contributed by atoms with van der Waals surface area (Å²) in [6, 6.07) is 7.23. The molecule has 0 aliphatic heterocycles. The topological polar surface area (TPSA) is 41.5 Å². The van der Waals surface area contributed by atoms with Crippen LogP contribution in [0.3, 0.4) is 0 Å². The third-order valence-electron chi connectivity index (χ3n) is 2.29. The second kappa shape index (κ2) is 7.33. The predicted octanol–water partition coefficient (Wildman–Crippen LogP) is 2.24. The van der Waals surface area contributed by atoms with Gasteiger partial charge in [-0.2, -0.15) is 0 Å². The number of ether oxygens (including phenoxy) is 1. The van der Waals surface area contributed by atoms with Gasteiger partial charge in [0.2, 0.25) is 0 Å². The van der Waals surface area contributed by atoms with Crippen LogP contribution in [-0.2, 0) is 0 Å². The Morgan fingerprint density at radius 2 is 2.12 bits per heavy atom. The van der Waals surface area contributed by atoms with Gasteiger partial charge in [-0.3, -0.25) is 0 Å². The van der Waals surface area contributed by atoms with Crippen molar-refractivity contribution in [3.63, 3.8) is 0 Å². The van der Waals surface area contributed by atoms with Crippen molar-refractivity contribution in [3.8, 4) is 5.75 Å². The van der Waals surface area contributed by atoms with Crippen LogP contribution in [0.5, 0.6) is 5.75 Å². The number of aliphatic hydroxyl groups is 1. The fraction of sp³-hybridized carbons (Fsp3) is 0.385. The molecule has 0 amide bonds. The van der Waals surface area contributed by atoms with Gasteiger partial charge >= 0.3 is 0 Å². The molecule has 2 atom stereocenters. The second-order valence-corrected chi connectivity index (χ2v) is 4.29. The summed E-state index contributed by atoms with van der Waals surface area (Å²) < 4.78 is 5.41. The summed E-state index contributed by atoms with van der Waals surface area (Å²) in [7, 11) is 0. The van der Waals surface area contributed by atoms with Crippen molar-refractivity contribution in [2.45, 2.75) is 19.1 Å². The highest BCUT2D eigenvalue weighted by Gasteiger charge is 2.06. The Kier molecular flexibility index (Phi) is 6.05. The lowest BCUT2D eigenvalue weighted by molar-refractivity contribution is 0.105. The van der Waals surface area contributed by atoms with E-state index in [1.165, 1.54) is 0 Å². The second-order valence-electron chi connectivity index (χ2n) is 3.85. The molecule has 0 aliphatic rings. The molecular formula is C13H18ClNO2. The van der Waals surface area contributed by atoms with E-state index in [2.05, 4.69) is 11.9 Å². The van der Waals surface area contributed by atoms with E-state index in [-0.39, 0.29) is 12.6 Å². The van der Waals surface area contributed by atoms with E-state index in [4.69, 9.17) is 16.3 Å². The summed E-state index contributed by atoms with van der Waals surface area (Å²) in [5, 5.41) is 13.4. The van der Waals surface area contributed by atoms with Crippen LogP contribution < -0.4 is 10.1 Å². The van der Waals surface area contributed by atoms with Crippen LogP contribution in [0.2, 0.25) is 5.02 Å². The maximum Gasteiger partial charge on any atom is 0.119 e. The summed E-state index contributed by atoms with van der Waals surface area (Å²) in [5.74, 6) is 0.699. The third kappa shape index (κ3) is 5.73. The Balaban J connectivity index is 2.25. The molecule has 0 saturated carbocycles. The van der Waals surface area contributed by atoms with Crippen LogP contribution in [-0.4, -0.2) is 30.4 Å². The number of benzene rings is 1. The summed E-state index contributed by atoms with van der Waals surface area (Å²) in [4.78, 5) is 0. The molecule has 0 aromatic heterocycles. The van der Waals surface area contributed by atoms with E-state index in [9.17, 15) is 5.11 Å². The average Bonchev–Trinajstić information content (AvgIpc) is 2.35. The maximum atomic E-state index is 9.66. The highest BCUT2D eigenvalue weighted by atomic mass is 35.5. The molecule has 0 bridgehead atoms. The van der Waals surface area contributed by atoms with Gasteiger partial charge in [-0.1, -0.05) is 17.7 Å². The molecule has 94 valence electrons. The molecule has 0 spiro atoms. The first-order valence-corrected chi connectivity index (χ1v) is 5.92. The lowest BCUT2D eigenvalue weighted by Crippen LogP contribution is -2.35. The largest absolute Gasteiger partial charge is 0.491 e. The highest BCUT2D eigenvalue weighted by molar-refractivity contribution is 6.30. The molecule has 2 unspecified atom stereocenters. The van der Waals surface area contributed by atoms with E-state index in [1.807, 2.05) is 6.92 Å². The molecule has 0 radical (unpaired) electrons. The first kappa shape index (κ1) is 14.0. The van der Waals surface area contributed by atoms with Crippen molar-refractivity contribution >= 4 is 11.6 Å². The first-order valence-electron chi connectivity index (χ1n) is 5.54. The van der Waals surface area contributed by atoms with Gasteiger partial charge in [0.05, 0.1) is 0 Å². The van der Waals surface area contributed by atoms with Crippen molar-refractivity contribution < 1.29 is 9.84 Å². The molecule has 17 heavy (non-hydrogen) atoms. The highest BCUT2D eigenvalue weighted by Crippen LogP contribution is 2.15. The lowest BCUT2D eigenvalue weighted by atomic mass is 10.3. The number of hydrogen-bond donors (Lipinski definition) is 2. The minimum Gasteiger partial charge on any atom is -0.491 e. The molecule has 3 nitrogen and oxygen atoms in total. The van der Waals surface area contributed by atoms with Gasteiger partial charge in [-0.15, -0.1) is 6.58 Å². The Bertz CT molecular complexity index is 340. The molecule has 4 heteroatoms. The number of nitrogens with one attached hydrogen (secondary N) is 1. The van der Waals surface area contributed by atoms with Gasteiger partial charge in [0.25, 0.3) is 0 Å². The summed E-state index contributed by atoms with van der Waals surface area (Å²) in [6.07, 6.45) is 1.24. The van der Waals surface area contributed by atoms with Crippen molar-refractivity contribution in [2.75, 3.05) is 13.2 Å². The average molecular weight is 256 g/mol. The Morgan fingerprint density at radius 1 is 1.47 bits per heavy atom. The van der Waals surface area contributed by atoms with Crippen molar-refractivity contribution in [3.05, 3.63) is 41.9 Å². The summed E-state index contributed by atoms with van der Waals surface area (Å²) in [5.41, 5.74) is 0. The van der Waals surface area contributed by atoms with Crippen molar-refractivity contribution in [2.24, 2.45) is 0 Å². The quantitative estimate of drug-likeness (QED) is 0.735. The minimum atomic E-state index is -0.548. The van der Waals surface area contributed by atoms with Crippen LogP contribution in [0.1, 0.15) is 6.92 Å². The monoisotopic (exact) mass is 255 g/mol. The normalized spacial score (nSPS) is 14.1. The van der Waals surface area contributed by atoms with Gasteiger partial charge in [0, 0.05) is 17.6 Å². The zero-order valence-electron chi connectivity index (χ0n) is 9.90. The zero-order valence-corrected chi connectivity index (χ0v) is 10.7. The molecule has 0 aliphatic carbocycles. The van der Waals surface area contributed by atoms with E-state index in [0.29, 0.717) is 17.3 Å². The van der Waals surface area contributed by atoms with Crippen molar-refractivity contribution in [1.82, 2.24) is 5.32 Å². The first-order chi connectivity index (χ1) is 8.11. The molecule has 1 rings (SSSR count). The van der Waals surface area contributed by atoms with Crippen LogP contribution in [0.15, 0.2) is 36.9 Å². The minimum absolute atomic E-state index is 0.181. The molecule has 1 aromatic carbocycles. The summed E-state index contributed by atoms with van der Waals surface area (Å²) in [6.45, 7) is 6.35. The van der Waals surface area contributed by atoms with Crippen LogP contribution in [0.25, 0.3) is 0 Å². The smallest absolute Gasteiger partial charge is 0.119 e. The number of halogens is 1. The molecule has 2 N–H and O–H groups in total. The van der Waals surface area contributed by atoms with E-state index < -0.39 is 6.10 Å². The molecular weight excluding hydrogens is 238 g/mol. The predicted molar refractivity (Wildman–Crippen MR) is 70.6 cm³/mol. The Hall–Kier alpha value is -1.03. The fourth-order valence-corrected chi connectivity index (χ4v) is 1.31. The van der Waals surface area contributed by atoms with Crippen LogP contribution >= 0.6 is 11.6 Å². The number of aliphatic hydroxyl groups excluding tert-OH is 1. The molecule has 0 heterocycles. The number of rotatable bonds is 7.